The lowest BCUT2D eigenvalue weighted by molar-refractivity contribution is -0.393. The predicted octanol–water partition coefficient (Wildman–Crippen LogP) is 3.36. The molecule has 1 N–H and O–H groups in total. The van der Waals surface area contributed by atoms with Crippen molar-refractivity contribution in [1.29, 1.82) is 0 Å². The van der Waals surface area contributed by atoms with Crippen LogP contribution in [0, 0.1) is 26.1 Å². The smallest absolute Gasteiger partial charge is 0.299 e. The molecular weight excluding hydrogens is 352 g/mol. The highest BCUT2D eigenvalue weighted by molar-refractivity contribution is 5.92. The highest BCUT2D eigenvalue weighted by atomic mass is 16.6. The van der Waals surface area contributed by atoms with Crippen molar-refractivity contribution in [1.82, 2.24) is 0 Å². The Kier molecular flexibility index (Phi) is 5.30. The molecule has 0 saturated carbocycles. The van der Waals surface area contributed by atoms with Gasteiger partial charge in [-0.3, -0.25) is 25.0 Å². The first kappa shape index (κ1) is 18.3. The molecule has 9 heteroatoms. The van der Waals surface area contributed by atoms with Crippen LogP contribution in [0.1, 0.15) is 12.8 Å². The first-order valence-electron chi connectivity index (χ1n) is 8.49. The molecule has 3 rings (SSSR count). The summed E-state index contributed by atoms with van der Waals surface area (Å²) in [5, 5.41) is 25.0. The van der Waals surface area contributed by atoms with E-state index >= 15 is 0 Å². The van der Waals surface area contributed by atoms with Crippen molar-refractivity contribution < 1.29 is 14.6 Å². The minimum Gasteiger partial charge on any atom is -0.366 e. The Balaban J connectivity index is 1.68. The number of rotatable bonds is 5. The molecule has 0 aromatic heterocycles. The van der Waals surface area contributed by atoms with Gasteiger partial charge in [-0.25, -0.2) is 0 Å². The monoisotopic (exact) mass is 370 g/mol. The van der Waals surface area contributed by atoms with Crippen molar-refractivity contribution in [3.05, 3.63) is 68.8 Å². The number of carbonyl (C=O) groups is 1. The van der Waals surface area contributed by atoms with Crippen LogP contribution < -0.4 is 10.2 Å². The number of para-hydroxylation sites is 1. The number of nitro benzene ring substituents is 2. The molecule has 9 nitrogen and oxygen atoms in total. The van der Waals surface area contributed by atoms with E-state index in [1.54, 1.807) is 4.90 Å². The number of anilines is 2. The summed E-state index contributed by atoms with van der Waals surface area (Å²) in [5.74, 6) is -0.252. The SMILES string of the molecule is O=C(Nc1ccccc1)C1CCN(c2ccc([N+](=O)[O-])cc2[N+](=O)[O-])CC1. The van der Waals surface area contributed by atoms with E-state index in [1.165, 1.54) is 12.1 Å². The Bertz CT molecular complexity index is 863. The van der Waals surface area contributed by atoms with E-state index in [-0.39, 0.29) is 23.2 Å². The maximum atomic E-state index is 12.4. The molecule has 2 aromatic carbocycles. The average Bonchev–Trinajstić information content (AvgIpc) is 2.68. The van der Waals surface area contributed by atoms with Gasteiger partial charge in [-0.2, -0.15) is 0 Å². The number of carbonyl (C=O) groups excluding carboxylic acids is 1. The molecule has 1 amide bonds. The van der Waals surface area contributed by atoms with E-state index < -0.39 is 9.85 Å². The lowest BCUT2D eigenvalue weighted by Gasteiger charge is -2.32. The van der Waals surface area contributed by atoms with Crippen molar-refractivity contribution in [2.75, 3.05) is 23.3 Å². The van der Waals surface area contributed by atoms with Crippen molar-refractivity contribution in [3.8, 4) is 0 Å². The summed E-state index contributed by atoms with van der Waals surface area (Å²) in [5.41, 5.74) is 0.461. The van der Waals surface area contributed by atoms with E-state index in [4.69, 9.17) is 0 Å². The Morgan fingerprint density at radius 2 is 1.67 bits per heavy atom. The van der Waals surface area contributed by atoms with E-state index in [0.717, 1.165) is 11.8 Å². The Labute approximate surface area is 154 Å². The molecule has 0 radical (unpaired) electrons. The van der Waals surface area contributed by atoms with Crippen LogP contribution in [0.3, 0.4) is 0 Å². The number of hydrogen-bond donors (Lipinski definition) is 1. The van der Waals surface area contributed by atoms with Crippen molar-refractivity contribution in [2.24, 2.45) is 5.92 Å². The topological polar surface area (TPSA) is 119 Å². The van der Waals surface area contributed by atoms with Crippen LogP contribution in [0.5, 0.6) is 0 Å². The summed E-state index contributed by atoms with van der Waals surface area (Å²) in [6, 6.07) is 12.8. The van der Waals surface area contributed by atoms with Gasteiger partial charge in [0.2, 0.25) is 5.91 Å². The van der Waals surface area contributed by atoms with Crippen LogP contribution in [0.25, 0.3) is 0 Å². The Hall–Kier alpha value is -3.49. The van der Waals surface area contributed by atoms with Gasteiger partial charge in [0.15, 0.2) is 0 Å². The van der Waals surface area contributed by atoms with Gasteiger partial charge in [-0.05, 0) is 31.0 Å². The van der Waals surface area contributed by atoms with Crippen molar-refractivity contribution >= 4 is 28.7 Å². The van der Waals surface area contributed by atoms with Crippen LogP contribution >= 0.6 is 0 Å². The van der Waals surface area contributed by atoms with Crippen LogP contribution in [0.2, 0.25) is 0 Å². The second kappa shape index (κ2) is 7.81. The van der Waals surface area contributed by atoms with E-state index in [1.807, 2.05) is 30.3 Å². The molecule has 1 heterocycles. The first-order chi connectivity index (χ1) is 13.0. The molecular formula is C18H18N4O5. The van der Waals surface area contributed by atoms with Crippen LogP contribution in [0.4, 0.5) is 22.7 Å². The highest BCUT2D eigenvalue weighted by Gasteiger charge is 2.29. The molecule has 0 unspecified atom stereocenters. The number of piperidine rings is 1. The van der Waals surface area contributed by atoms with Gasteiger partial charge in [-0.15, -0.1) is 0 Å². The minimum atomic E-state index is -0.656. The number of nitro groups is 2. The normalized spacial score (nSPS) is 14.6. The number of nitrogens with one attached hydrogen (secondary N) is 1. The van der Waals surface area contributed by atoms with Gasteiger partial charge in [-0.1, -0.05) is 18.2 Å². The lowest BCUT2D eigenvalue weighted by Crippen LogP contribution is -2.38. The Morgan fingerprint density at radius 1 is 1.00 bits per heavy atom. The van der Waals surface area contributed by atoms with Gasteiger partial charge in [0.25, 0.3) is 11.4 Å². The van der Waals surface area contributed by atoms with Crippen LogP contribution in [0.15, 0.2) is 48.5 Å². The van der Waals surface area contributed by atoms with Gasteiger partial charge >= 0.3 is 0 Å². The number of nitrogens with zero attached hydrogens (tertiary/aromatic N) is 3. The quantitative estimate of drug-likeness (QED) is 0.637. The van der Waals surface area contributed by atoms with Gasteiger partial charge in [0.05, 0.1) is 15.9 Å². The summed E-state index contributed by atoms with van der Waals surface area (Å²) in [7, 11) is 0. The van der Waals surface area contributed by atoms with Crippen LogP contribution in [-0.2, 0) is 4.79 Å². The number of amides is 1. The van der Waals surface area contributed by atoms with Crippen molar-refractivity contribution in [3.63, 3.8) is 0 Å². The third kappa shape index (κ3) is 4.20. The zero-order valence-electron chi connectivity index (χ0n) is 14.4. The molecule has 0 atom stereocenters. The molecule has 0 spiro atoms. The predicted molar refractivity (Wildman–Crippen MR) is 99.8 cm³/mol. The fourth-order valence-corrected chi connectivity index (χ4v) is 3.19. The summed E-state index contributed by atoms with van der Waals surface area (Å²) in [4.78, 5) is 35.1. The fraction of sp³-hybridized carbons (Fsp3) is 0.278. The van der Waals surface area contributed by atoms with Gasteiger partial charge in [0.1, 0.15) is 5.69 Å². The molecule has 2 aromatic rings. The molecule has 0 aliphatic carbocycles. The van der Waals surface area contributed by atoms with Gasteiger partial charge < -0.3 is 10.2 Å². The summed E-state index contributed by atoms with van der Waals surface area (Å²) < 4.78 is 0. The zero-order valence-corrected chi connectivity index (χ0v) is 14.4. The van der Waals surface area contributed by atoms with Gasteiger partial charge in [0, 0.05) is 30.8 Å². The van der Waals surface area contributed by atoms with E-state index in [0.29, 0.717) is 31.6 Å². The highest BCUT2D eigenvalue weighted by Crippen LogP contribution is 2.34. The standard InChI is InChI=1S/C18H18N4O5/c23-18(19-14-4-2-1-3-5-14)13-8-10-20(11-9-13)16-7-6-15(21(24)25)12-17(16)22(26)27/h1-7,12-13H,8-11H2,(H,19,23). The maximum Gasteiger partial charge on any atom is 0.299 e. The number of non-ortho nitro benzene ring substituents is 1. The first-order valence-corrected chi connectivity index (χ1v) is 8.49. The molecule has 1 aliphatic heterocycles. The second-order valence-corrected chi connectivity index (χ2v) is 6.30. The fourth-order valence-electron chi connectivity index (χ4n) is 3.19. The molecule has 1 saturated heterocycles. The lowest BCUT2D eigenvalue weighted by atomic mass is 9.95. The summed E-state index contributed by atoms with van der Waals surface area (Å²) in [6.07, 6.45) is 1.10. The van der Waals surface area contributed by atoms with Crippen LogP contribution in [-0.4, -0.2) is 28.8 Å². The third-order valence-corrected chi connectivity index (χ3v) is 4.61. The second-order valence-electron chi connectivity index (χ2n) is 6.30. The average molecular weight is 370 g/mol. The Morgan fingerprint density at radius 3 is 2.26 bits per heavy atom. The number of hydrogen-bond acceptors (Lipinski definition) is 6. The molecule has 0 bridgehead atoms. The number of benzene rings is 2. The van der Waals surface area contributed by atoms with E-state index in [2.05, 4.69) is 5.32 Å². The molecule has 1 fully saturated rings. The molecule has 140 valence electrons. The summed E-state index contributed by atoms with van der Waals surface area (Å²) >= 11 is 0. The largest absolute Gasteiger partial charge is 0.366 e. The minimum absolute atomic E-state index is 0.0703. The summed E-state index contributed by atoms with van der Waals surface area (Å²) in [6.45, 7) is 0.928. The third-order valence-electron chi connectivity index (χ3n) is 4.61. The molecule has 27 heavy (non-hydrogen) atoms. The van der Waals surface area contributed by atoms with E-state index in [9.17, 15) is 25.0 Å². The maximum absolute atomic E-state index is 12.4. The molecule has 1 aliphatic rings. The zero-order chi connectivity index (χ0) is 19.4. The van der Waals surface area contributed by atoms with Crippen molar-refractivity contribution in [2.45, 2.75) is 12.8 Å².